The molecular weight excluding hydrogens is 366 g/mol. The van der Waals surface area contributed by atoms with Crippen LogP contribution in [0.15, 0.2) is 84.9 Å². The molecule has 0 aliphatic heterocycles. The molecule has 5 heteroatoms. The lowest BCUT2D eigenvalue weighted by Crippen LogP contribution is -2.34. The first-order valence-electron chi connectivity index (χ1n) is 9.34. The first kappa shape index (κ1) is 20.1. The lowest BCUT2D eigenvalue weighted by Gasteiger charge is -2.23. The van der Waals surface area contributed by atoms with E-state index < -0.39 is 34.9 Å². The van der Waals surface area contributed by atoms with Gasteiger partial charge in [0.2, 0.25) is 6.54 Å². The maximum Gasteiger partial charge on any atom is 0.211 e. The average molecular weight is 387 g/mol. The molecule has 0 aliphatic rings. The molecule has 0 heterocycles. The number of aryl methyl sites for hydroxylation is 1. The molecule has 0 fully saturated rings. The van der Waals surface area contributed by atoms with Gasteiger partial charge in [0.25, 0.3) is 0 Å². The fourth-order valence-electron chi connectivity index (χ4n) is 3.43. The van der Waals surface area contributed by atoms with E-state index in [2.05, 4.69) is 0 Å². The summed E-state index contributed by atoms with van der Waals surface area (Å²) in [6, 6.07) is 24.1. The predicted molar refractivity (Wildman–Crippen MR) is 111 cm³/mol. The molecule has 5 nitrogen and oxygen atoms in total. The van der Waals surface area contributed by atoms with Crippen molar-refractivity contribution in [1.82, 2.24) is 0 Å². The standard InChI is InChI=1S/C24H21NO4/c1-17-12-14-18(15-13-17)21(16-25(28)29)22(23(26)19-8-4-2-5-9-19)24(27)20-10-6-3-7-11-20/h2-15,21-22H,16H2,1H3. The summed E-state index contributed by atoms with van der Waals surface area (Å²) in [4.78, 5) is 37.8. The van der Waals surface area contributed by atoms with Crippen LogP contribution < -0.4 is 0 Å². The number of carbonyl (C=O) groups excluding carboxylic acids is 2. The van der Waals surface area contributed by atoms with Gasteiger partial charge in [-0.1, -0.05) is 90.5 Å². The summed E-state index contributed by atoms with van der Waals surface area (Å²) in [7, 11) is 0. The van der Waals surface area contributed by atoms with Gasteiger partial charge < -0.3 is 0 Å². The van der Waals surface area contributed by atoms with Crippen LogP contribution in [0.25, 0.3) is 0 Å². The molecular formula is C24H21NO4. The number of nitrogens with zero attached hydrogens (tertiary/aromatic N) is 1. The van der Waals surface area contributed by atoms with E-state index in [1.165, 1.54) is 0 Å². The summed E-state index contributed by atoms with van der Waals surface area (Å²) in [5.74, 6) is -2.88. The van der Waals surface area contributed by atoms with Crippen LogP contribution in [0.2, 0.25) is 0 Å². The Bertz CT molecular complexity index is 947. The highest BCUT2D eigenvalue weighted by atomic mass is 16.6. The minimum atomic E-state index is -1.19. The van der Waals surface area contributed by atoms with E-state index >= 15 is 0 Å². The molecule has 1 unspecified atom stereocenters. The van der Waals surface area contributed by atoms with Gasteiger partial charge in [0, 0.05) is 16.1 Å². The van der Waals surface area contributed by atoms with Crippen molar-refractivity contribution in [3.63, 3.8) is 0 Å². The Hall–Kier alpha value is -3.60. The van der Waals surface area contributed by atoms with Crippen LogP contribution in [-0.2, 0) is 0 Å². The normalized spacial score (nSPS) is 11.8. The monoisotopic (exact) mass is 387 g/mol. The topological polar surface area (TPSA) is 77.3 Å². The first-order valence-corrected chi connectivity index (χ1v) is 9.34. The predicted octanol–water partition coefficient (Wildman–Crippen LogP) is 4.74. The smallest absolute Gasteiger partial charge is 0.211 e. The minimum absolute atomic E-state index is 0.363. The highest BCUT2D eigenvalue weighted by Crippen LogP contribution is 2.31. The Morgan fingerprint density at radius 1 is 0.793 bits per heavy atom. The van der Waals surface area contributed by atoms with E-state index in [4.69, 9.17) is 0 Å². The van der Waals surface area contributed by atoms with Gasteiger partial charge in [-0.05, 0) is 12.5 Å². The molecule has 0 aliphatic carbocycles. The first-order chi connectivity index (χ1) is 14.0. The lowest BCUT2D eigenvalue weighted by atomic mass is 9.77. The van der Waals surface area contributed by atoms with Crippen molar-refractivity contribution < 1.29 is 14.5 Å². The fraction of sp³-hybridized carbons (Fsp3) is 0.167. The summed E-state index contributed by atoms with van der Waals surface area (Å²) in [6.07, 6.45) is 0. The van der Waals surface area contributed by atoms with E-state index in [0.717, 1.165) is 5.56 Å². The molecule has 0 spiro atoms. The SMILES string of the molecule is Cc1ccc(C(C[N+](=O)[O-])C(C(=O)c2ccccc2)C(=O)c2ccccc2)cc1. The quantitative estimate of drug-likeness (QED) is 0.242. The summed E-state index contributed by atoms with van der Waals surface area (Å²) in [5, 5.41) is 11.5. The zero-order valence-electron chi connectivity index (χ0n) is 16.0. The van der Waals surface area contributed by atoms with Crippen LogP contribution in [0.4, 0.5) is 0 Å². The average Bonchev–Trinajstić information content (AvgIpc) is 2.74. The van der Waals surface area contributed by atoms with Crippen molar-refractivity contribution in [1.29, 1.82) is 0 Å². The second kappa shape index (κ2) is 9.06. The second-order valence-corrected chi connectivity index (χ2v) is 6.97. The molecule has 3 aromatic carbocycles. The molecule has 0 radical (unpaired) electrons. The molecule has 0 saturated carbocycles. The van der Waals surface area contributed by atoms with Crippen molar-refractivity contribution in [3.8, 4) is 0 Å². The Morgan fingerprint density at radius 3 is 1.66 bits per heavy atom. The molecule has 3 aromatic rings. The molecule has 0 bridgehead atoms. The van der Waals surface area contributed by atoms with E-state index in [0.29, 0.717) is 16.7 Å². The summed E-state index contributed by atoms with van der Waals surface area (Å²) < 4.78 is 0. The number of benzene rings is 3. The van der Waals surface area contributed by atoms with E-state index in [1.807, 2.05) is 19.1 Å². The van der Waals surface area contributed by atoms with Gasteiger partial charge >= 0.3 is 0 Å². The molecule has 0 amide bonds. The van der Waals surface area contributed by atoms with Crippen molar-refractivity contribution in [2.75, 3.05) is 6.54 Å². The Morgan fingerprint density at radius 2 is 1.24 bits per heavy atom. The molecule has 0 aromatic heterocycles. The molecule has 29 heavy (non-hydrogen) atoms. The van der Waals surface area contributed by atoms with Gasteiger partial charge in [-0.2, -0.15) is 0 Å². The summed E-state index contributed by atoms with van der Waals surface area (Å²) in [6.45, 7) is 1.40. The van der Waals surface area contributed by atoms with Crippen molar-refractivity contribution in [3.05, 3.63) is 117 Å². The molecule has 1 atom stereocenters. The zero-order chi connectivity index (χ0) is 20.8. The number of ketones is 2. The third-order valence-corrected chi connectivity index (χ3v) is 4.94. The second-order valence-electron chi connectivity index (χ2n) is 6.97. The zero-order valence-corrected chi connectivity index (χ0v) is 16.0. The Labute approximate surface area is 169 Å². The number of rotatable bonds is 8. The number of Topliss-reactive ketones (excluding diaryl/α,β-unsaturated/α-hetero) is 2. The molecule has 0 N–H and O–H groups in total. The fourth-order valence-corrected chi connectivity index (χ4v) is 3.43. The third kappa shape index (κ3) is 4.82. The minimum Gasteiger partial charge on any atom is -0.293 e. The summed E-state index contributed by atoms with van der Waals surface area (Å²) >= 11 is 0. The van der Waals surface area contributed by atoms with Crippen LogP contribution in [0.5, 0.6) is 0 Å². The summed E-state index contributed by atoms with van der Waals surface area (Å²) in [5.41, 5.74) is 2.32. The highest BCUT2D eigenvalue weighted by molar-refractivity contribution is 6.16. The molecule has 146 valence electrons. The maximum atomic E-state index is 13.4. The number of hydrogen-bond acceptors (Lipinski definition) is 4. The van der Waals surface area contributed by atoms with E-state index in [-0.39, 0.29) is 0 Å². The van der Waals surface area contributed by atoms with Gasteiger partial charge in [-0.15, -0.1) is 0 Å². The largest absolute Gasteiger partial charge is 0.293 e. The van der Waals surface area contributed by atoms with Crippen LogP contribution in [0.1, 0.15) is 37.8 Å². The number of hydrogen-bond donors (Lipinski definition) is 0. The van der Waals surface area contributed by atoms with Gasteiger partial charge in [0.05, 0.1) is 11.8 Å². The number of nitro groups is 1. The van der Waals surface area contributed by atoms with E-state index in [9.17, 15) is 19.7 Å². The third-order valence-electron chi connectivity index (χ3n) is 4.94. The van der Waals surface area contributed by atoms with Crippen LogP contribution in [0, 0.1) is 23.0 Å². The highest BCUT2D eigenvalue weighted by Gasteiger charge is 2.39. The van der Waals surface area contributed by atoms with Gasteiger partial charge in [-0.3, -0.25) is 19.7 Å². The number of carbonyl (C=O) groups is 2. The van der Waals surface area contributed by atoms with Gasteiger partial charge in [-0.25, -0.2) is 0 Å². The molecule has 3 rings (SSSR count). The van der Waals surface area contributed by atoms with E-state index in [1.54, 1.807) is 72.8 Å². The van der Waals surface area contributed by atoms with Crippen LogP contribution in [0.3, 0.4) is 0 Å². The van der Waals surface area contributed by atoms with Crippen molar-refractivity contribution in [2.45, 2.75) is 12.8 Å². The van der Waals surface area contributed by atoms with Crippen molar-refractivity contribution in [2.24, 2.45) is 5.92 Å². The Kier molecular flexibility index (Phi) is 6.29. The van der Waals surface area contributed by atoms with Gasteiger partial charge in [0.15, 0.2) is 11.6 Å². The maximum absolute atomic E-state index is 13.4. The lowest BCUT2D eigenvalue weighted by molar-refractivity contribution is -0.484. The van der Waals surface area contributed by atoms with Crippen LogP contribution >= 0.6 is 0 Å². The molecule has 0 saturated heterocycles. The Balaban J connectivity index is 2.12. The van der Waals surface area contributed by atoms with Crippen LogP contribution in [-0.4, -0.2) is 23.0 Å². The van der Waals surface area contributed by atoms with Crippen molar-refractivity contribution >= 4 is 11.6 Å². The van der Waals surface area contributed by atoms with Gasteiger partial charge in [0.1, 0.15) is 0 Å².